The highest BCUT2D eigenvalue weighted by Gasteiger charge is 2.16. The van der Waals surface area contributed by atoms with E-state index in [0.717, 1.165) is 16.5 Å². The average Bonchev–Trinajstić information content (AvgIpc) is 2.79. The molecule has 0 amide bonds. The molecule has 0 unspecified atom stereocenters. The van der Waals surface area contributed by atoms with Crippen molar-refractivity contribution in [1.29, 1.82) is 0 Å². The normalized spacial score (nSPS) is 13.8. The predicted molar refractivity (Wildman–Crippen MR) is 62.5 cm³/mol. The van der Waals surface area contributed by atoms with Crippen LogP contribution in [-0.4, -0.2) is 20.3 Å². The summed E-state index contributed by atoms with van der Waals surface area (Å²) in [5.74, 6) is 1.42. The number of rotatable bonds is 1. The highest BCUT2D eigenvalue weighted by Crippen LogP contribution is 2.23. The van der Waals surface area contributed by atoms with Gasteiger partial charge in [-0.2, -0.15) is 4.98 Å². The summed E-state index contributed by atoms with van der Waals surface area (Å²) in [5, 5.41) is 0.777. The number of aromatic nitrogens is 3. The van der Waals surface area contributed by atoms with E-state index in [0.29, 0.717) is 12.4 Å². The van der Waals surface area contributed by atoms with Crippen molar-refractivity contribution in [3.63, 3.8) is 0 Å². The Morgan fingerprint density at radius 1 is 1.19 bits per heavy atom. The van der Waals surface area contributed by atoms with Gasteiger partial charge in [0, 0.05) is 17.9 Å². The van der Waals surface area contributed by atoms with Gasteiger partial charge >= 0.3 is 5.69 Å². The van der Waals surface area contributed by atoms with E-state index in [4.69, 9.17) is 0 Å². The second-order valence-electron chi connectivity index (χ2n) is 3.48. The third-order valence-corrected chi connectivity index (χ3v) is 3.40. The third-order valence-electron chi connectivity index (χ3n) is 2.44. The van der Waals surface area contributed by atoms with Crippen LogP contribution >= 0.6 is 11.8 Å². The van der Waals surface area contributed by atoms with Crippen LogP contribution in [0.3, 0.4) is 0 Å². The highest BCUT2D eigenvalue weighted by molar-refractivity contribution is 7.99. The minimum absolute atomic E-state index is 0.200. The van der Waals surface area contributed by atoms with Gasteiger partial charge in [-0.15, -0.1) is 0 Å². The van der Waals surface area contributed by atoms with E-state index in [1.807, 2.05) is 30.3 Å². The summed E-state index contributed by atoms with van der Waals surface area (Å²) in [7, 11) is 0. The third kappa shape index (κ3) is 1.53. The Bertz CT molecular complexity index is 580. The molecule has 0 bridgehead atoms. The maximum Gasteiger partial charge on any atom is 0.351 e. The van der Waals surface area contributed by atoms with Crippen molar-refractivity contribution in [2.45, 2.75) is 11.7 Å². The lowest BCUT2D eigenvalue weighted by Gasteiger charge is -2.03. The largest absolute Gasteiger partial charge is 0.351 e. The van der Waals surface area contributed by atoms with Crippen LogP contribution in [0.4, 0.5) is 0 Å². The van der Waals surface area contributed by atoms with E-state index >= 15 is 0 Å². The molecule has 3 rings (SSSR count). The fourth-order valence-corrected chi connectivity index (χ4v) is 2.59. The van der Waals surface area contributed by atoms with E-state index in [2.05, 4.69) is 9.97 Å². The Labute approximate surface area is 96.4 Å². The lowest BCUT2D eigenvalue weighted by molar-refractivity contribution is 0.628. The van der Waals surface area contributed by atoms with Crippen molar-refractivity contribution < 1.29 is 0 Å². The van der Waals surface area contributed by atoms with Gasteiger partial charge in [0.15, 0.2) is 11.0 Å². The van der Waals surface area contributed by atoms with Crippen molar-refractivity contribution in [1.82, 2.24) is 14.5 Å². The number of thioether (sulfide) groups is 1. The smallest absolute Gasteiger partial charge is 0.270 e. The molecule has 0 N–H and O–H groups in total. The molecule has 2 aromatic rings. The minimum Gasteiger partial charge on any atom is -0.270 e. The van der Waals surface area contributed by atoms with Crippen molar-refractivity contribution in [2.24, 2.45) is 0 Å². The summed E-state index contributed by atoms with van der Waals surface area (Å²) in [4.78, 5) is 20.1. The molecule has 1 aromatic carbocycles. The zero-order chi connectivity index (χ0) is 11.0. The summed E-state index contributed by atoms with van der Waals surface area (Å²) in [5.41, 5.74) is 0.685. The van der Waals surface area contributed by atoms with Crippen LogP contribution in [0.15, 0.2) is 40.3 Å². The first-order chi connectivity index (χ1) is 7.84. The Morgan fingerprint density at radius 2 is 2.00 bits per heavy atom. The standard InChI is InChI=1S/C11H9N3OS/c15-10-12-9(8-4-2-1-3-5-8)13-11-14(10)6-7-16-11/h1-5H,6-7H2. The molecule has 4 nitrogen and oxygen atoms in total. The summed E-state index contributed by atoms with van der Waals surface area (Å²) in [6, 6.07) is 9.57. The Balaban J connectivity index is 2.17. The molecular weight excluding hydrogens is 222 g/mol. The molecule has 0 fully saturated rings. The molecule has 0 atom stereocenters. The van der Waals surface area contributed by atoms with Gasteiger partial charge in [-0.05, 0) is 0 Å². The summed E-state index contributed by atoms with van der Waals surface area (Å²) < 4.78 is 1.62. The zero-order valence-electron chi connectivity index (χ0n) is 8.46. The van der Waals surface area contributed by atoms with E-state index < -0.39 is 0 Å². The topological polar surface area (TPSA) is 47.8 Å². The molecule has 5 heteroatoms. The molecule has 0 saturated carbocycles. The van der Waals surface area contributed by atoms with E-state index in [1.54, 1.807) is 16.3 Å². The molecule has 2 heterocycles. The van der Waals surface area contributed by atoms with Gasteiger partial charge < -0.3 is 0 Å². The quantitative estimate of drug-likeness (QED) is 0.744. The van der Waals surface area contributed by atoms with Gasteiger partial charge in [0.2, 0.25) is 0 Å². The minimum atomic E-state index is -0.200. The molecular formula is C11H9N3OS. The number of hydrogen-bond donors (Lipinski definition) is 0. The van der Waals surface area contributed by atoms with Crippen LogP contribution < -0.4 is 5.69 Å². The summed E-state index contributed by atoms with van der Waals surface area (Å²) in [6.45, 7) is 0.716. The summed E-state index contributed by atoms with van der Waals surface area (Å²) in [6.07, 6.45) is 0. The number of nitrogens with zero attached hydrogens (tertiary/aromatic N) is 3. The highest BCUT2D eigenvalue weighted by atomic mass is 32.2. The Hall–Kier alpha value is -1.62. The predicted octanol–water partition coefficient (Wildman–Crippen LogP) is 1.41. The second-order valence-corrected chi connectivity index (χ2v) is 4.54. The summed E-state index contributed by atoms with van der Waals surface area (Å²) >= 11 is 1.60. The lowest BCUT2D eigenvalue weighted by atomic mass is 10.2. The maximum atomic E-state index is 11.7. The second kappa shape index (κ2) is 3.75. The first kappa shape index (κ1) is 9.59. The van der Waals surface area contributed by atoms with Gasteiger partial charge in [-0.3, -0.25) is 4.57 Å². The molecule has 1 aliphatic heterocycles. The lowest BCUT2D eigenvalue weighted by Crippen LogP contribution is -2.23. The Morgan fingerprint density at radius 3 is 2.81 bits per heavy atom. The monoisotopic (exact) mass is 231 g/mol. The molecule has 80 valence electrons. The zero-order valence-corrected chi connectivity index (χ0v) is 9.28. The maximum absolute atomic E-state index is 11.7. The van der Waals surface area contributed by atoms with Gasteiger partial charge in [-0.25, -0.2) is 9.78 Å². The van der Waals surface area contributed by atoms with Crippen LogP contribution in [0.25, 0.3) is 11.4 Å². The van der Waals surface area contributed by atoms with Crippen molar-refractivity contribution in [2.75, 3.05) is 5.75 Å². The first-order valence-corrected chi connectivity index (χ1v) is 6.00. The molecule has 0 aliphatic carbocycles. The van der Waals surface area contributed by atoms with Gasteiger partial charge in [0.1, 0.15) is 0 Å². The molecule has 1 aromatic heterocycles. The molecule has 0 saturated heterocycles. The first-order valence-electron chi connectivity index (χ1n) is 5.02. The van der Waals surface area contributed by atoms with Gasteiger partial charge in [-0.1, -0.05) is 42.1 Å². The number of hydrogen-bond acceptors (Lipinski definition) is 4. The SMILES string of the molecule is O=c1nc(-c2ccccc2)nc2n1CCS2. The molecule has 0 radical (unpaired) electrons. The van der Waals surface area contributed by atoms with Crippen molar-refractivity contribution in [3.8, 4) is 11.4 Å². The fourth-order valence-electron chi connectivity index (χ4n) is 1.65. The Kier molecular flexibility index (Phi) is 2.25. The van der Waals surface area contributed by atoms with E-state index in [-0.39, 0.29) is 5.69 Å². The van der Waals surface area contributed by atoms with Gasteiger partial charge in [0.25, 0.3) is 0 Å². The van der Waals surface area contributed by atoms with Crippen LogP contribution in [-0.2, 0) is 6.54 Å². The van der Waals surface area contributed by atoms with Crippen LogP contribution in [0.1, 0.15) is 0 Å². The molecule has 0 spiro atoms. The van der Waals surface area contributed by atoms with Gasteiger partial charge in [0.05, 0.1) is 0 Å². The molecule has 1 aliphatic rings. The van der Waals surface area contributed by atoms with Crippen LogP contribution in [0, 0.1) is 0 Å². The van der Waals surface area contributed by atoms with E-state index in [1.165, 1.54) is 0 Å². The number of benzene rings is 1. The average molecular weight is 231 g/mol. The van der Waals surface area contributed by atoms with Crippen LogP contribution in [0.5, 0.6) is 0 Å². The van der Waals surface area contributed by atoms with Crippen LogP contribution in [0.2, 0.25) is 0 Å². The number of fused-ring (bicyclic) bond motifs is 1. The van der Waals surface area contributed by atoms with Crippen molar-refractivity contribution >= 4 is 11.8 Å². The molecule has 16 heavy (non-hydrogen) atoms. The fraction of sp³-hybridized carbons (Fsp3) is 0.182. The van der Waals surface area contributed by atoms with E-state index in [9.17, 15) is 4.79 Å². The van der Waals surface area contributed by atoms with Crippen molar-refractivity contribution in [3.05, 3.63) is 40.8 Å².